The summed E-state index contributed by atoms with van der Waals surface area (Å²) >= 11 is 6.10. The molecule has 27 heavy (non-hydrogen) atoms. The van der Waals surface area contributed by atoms with E-state index in [4.69, 9.17) is 16.3 Å². The van der Waals surface area contributed by atoms with Crippen LogP contribution in [0.1, 0.15) is 11.8 Å². The van der Waals surface area contributed by atoms with Gasteiger partial charge in [-0.3, -0.25) is 4.79 Å². The number of fused-ring (bicyclic) bond motifs is 1. The molecular formula is C19H17ClN2O4S. The standard InChI is InChI=1S/C19H17ClN2O4S/c20-15-6-7-17-14(10-15)11-18(19-12-21(13-23)8-9-26-19)22(17)27(24,25)16-4-2-1-3-5-16/h1-7,10-11,13,19H,8-9,12H2. The van der Waals surface area contributed by atoms with E-state index in [-0.39, 0.29) is 11.4 Å². The van der Waals surface area contributed by atoms with Crippen molar-refractivity contribution in [2.24, 2.45) is 0 Å². The molecule has 140 valence electrons. The van der Waals surface area contributed by atoms with E-state index < -0.39 is 16.1 Å². The Morgan fingerprint density at radius 3 is 2.63 bits per heavy atom. The molecule has 1 amide bonds. The summed E-state index contributed by atoms with van der Waals surface area (Å²) in [5.74, 6) is 0. The second-order valence-electron chi connectivity index (χ2n) is 6.31. The van der Waals surface area contributed by atoms with E-state index in [1.165, 1.54) is 3.97 Å². The first kappa shape index (κ1) is 18.0. The van der Waals surface area contributed by atoms with Gasteiger partial charge in [-0.2, -0.15) is 0 Å². The predicted octanol–water partition coefficient (Wildman–Crippen LogP) is 3.06. The number of carbonyl (C=O) groups is 1. The van der Waals surface area contributed by atoms with Crippen LogP contribution in [0.15, 0.2) is 59.5 Å². The Hall–Kier alpha value is -2.35. The average Bonchev–Trinajstić information content (AvgIpc) is 3.08. The van der Waals surface area contributed by atoms with Crippen molar-refractivity contribution in [2.75, 3.05) is 19.7 Å². The highest BCUT2D eigenvalue weighted by molar-refractivity contribution is 7.90. The molecule has 2 heterocycles. The van der Waals surface area contributed by atoms with Gasteiger partial charge in [-0.25, -0.2) is 12.4 Å². The molecule has 1 aliphatic heterocycles. The lowest BCUT2D eigenvalue weighted by molar-refractivity contribution is -0.125. The molecule has 1 fully saturated rings. The molecule has 8 heteroatoms. The van der Waals surface area contributed by atoms with E-state index in [1.54, 1.807) is 59.5 Å². The first-order valence-corrected chi connectivity index (χ1v) is 10.2. The Bertz CT molecular complexity index is 1100. The summed E-state index contributed by atoms with van der Waals surface area (Å²) in [6, 6.07) is 15.1. The zero-order valence-corrected chi connectivity index (χ0v) is 15.9. The Morgan fingerprint density at radius 1 is 1.11 bits per heavy atom. The Balaban J connectivity index is 1.94. The van der Waals surface area contributed by atoms with Crippen molar-refractivity contribution in [1.29, 1.82) is 0 Å². The summed E-state index contributed by atoms with van der Waals surface area (Å²) in [4.78, 5) is 12.9. The molecular weight excluding hydrogens is 388 g/mol. The number of aromatic nitrogens is 1. The molecule has 3 aromatic rings. The molecule has 1 unspecified atom stereocenters. The number of amides is 1. The minimum atomic E-state index is -3.85. The summed E-state index contributed by atoms with van der Waals surface area (Å²) in [6.45, 7) is 1.12. The first-order valence-electron chi connectivity index (χ1n) is 8.43. The number of ether oxygens (including phenoxy) is 1. The van der Waals surface area contributed by atoms with Gasteiger partial charge in [-0.15, -0.1) is 0 Å². The highest BCUT2D eigenvalue weighted by Gasteiger charge is 2.30. The number of hydrogen-bond acceptors (Lipinski definition) is 4. The number of benzene rings is 2. The first-order chi connectivity index (χ1) is 13.0. The van der Waals surface area contributed by atoms with E-state index in [2.05, 4.69) is 0 Å². The summed E-state index contributed by atoms with van der Waals surface area (Å²) in [5.41, 5.74) is 0.993. The van der Waals surface area contributed by atoms with Crippen LogP contribution in [0.3, 0.4) is 0 Å². The monoisotopic (exact) mass is 404 g/mol. The third-order valence-corrected chi connectivity index (χ3v) is 6.60. The van der Waals surface area contributed by atoms with Gasteiger partial charge in [0.25, 0.3) is 10.0 Å². The van der Waals surface area contributed by atoms with Crippen LogP contribution in [0, 0.1) is 0 Å². The number of carbonyl (C=O) groups excluding carboxylic acids is 1. The zero-order chi connectivity index (χ0) is 19.0. The zero-order valence-electron chi connectivity index (χ0n) is 14.3. The average molecular weight is 405 g/mol. The third-order valence-electron chi connectivity index (χ3n) is 4.60. The van der Waals surface area contributed by atoms with Gasteiger partial charge in [0, 0.05) is 17.0 Å². The number of morpholine rings is 1. The molecule has 6 nitrogen and oxygen atoms in total. The Kier molecular flexibility index (Phi) is 4.67. The SMILES string of the molecule is O=CN1CCOC(c2cc3cc(Cl)ccc3n2S(=O)(=O)c2ccccc2)C1. The molecule has 0 bridgehead atoms. The van der Waals surface area contributed by atoms with Crippen LogP contribution in [0.2, 0.25) is 5.02 Å². The topological polar surface area (TPSA) is 68.6 Å². The fraction of sp³-hybridized carbons (Fsp3) is 0.211. The van der Waals surface area contributed by atoms with Gasteiger partial charge < -0.3 is 9.64 Å². The van der Waals surface area contributed by atoms with Gasteiger partial charge in [0.1, 0.15) is 6.10 Å². The quantitative estimate of drug-likeness (QED) is 0.627. The second-order valence-corrected chi connectivity index (χ2v) is 8.54. The predicted molar refractivity (Wildman–Crippen MR) is 102 cm³/mol. The van der Waals surface area contributed by atoms with Gasteiger partial charge >= 0.3 is 0 Å². The minimum Gasteiger partial charge on any atom is -0.368 e. The lowest BCUT2D eigenvalue weighted by Crippen LogP contribution is -2.38. The molecule has 1 saturated heterocycles. The fourth-order valence-corrected chi connectivity index (χ4v) is 5.08. The lowest BCUT2D eigenvalue weighted by Gasteiger charge is -2.30. The van der Waals surface area contributed by atoms with Crippen LogP contribution in [0.25, 0.3) is 10.9 Å². The molecule has 4 rings (SSSR count). The van der Waals surface area contributed by atoms with Gasteiger partial charge in [0.2, 0.25) is 6.41 Å². The molecule has 0 aliphatic carbocycles. The van der Waals surface area contributed by atoms with Crippen molar-refractivity contribution in [3.05, 3.63) is 65.3 Å². The summed E-state index contributed by atoms with van der Waals surface area (Å²) in [7, 11) is -3.85. The molecule has 0 N–H and O–H groups in total. The lowest BCUT2D eigenvalue weighted by atomic mass is 10.2. The van der Waals surface area contributed by atoms with E-state index >= 15 is 0 Å². The highest BCUT2D eigenvalue weighted by Crippen LogP contribution is 2.33. The summed E-state index contributed by atoms with van der Waals surface area (Å²) in [6.07, 6.45) is 0.207. The second kappa shape index (κ2) is 6.99. The largest absolute Gasteiger partial charge is 0.368 e. The molecule has 0 spiro atoms. The van der Waals surface area contributed by atoms with Gasteiger partial charge in [-0.05, 0) is 36.4 Å². The smallest absolute Gasteiger partial charge is 0.268 e. The molecule has 0 saturated carbocycles. The van der Waals surface area contributed by atoms with Crippen molar-refractivity contribution in [3.63, 3.8) is 0 Å². The van der Waals surface area contributed by atoms with Crippen molar-refractivity contribution in [1.82, 2.24) is 8.87 Å². The molecule has 2 aromatic carbocycles. The van der Waals surface area contributed by atoms with Crippen LogP contribution >= 0.6 is 11.6 Å². The third kappa shape index (κ3) is 3.22. The van der Waals surface area contributed by atoms with E-state index in [0.29, 0.717) is 34.8 Å². The normalized spacial score (nSPS) is 18.0. The maximum Gasteiger partial charge on any atom is 0.268 e. The summed E-state index contributed by atoms with van der Waals surface area (Å²) in [5, 5.41) is 1.21. The maximum absolute atomic E-state index is 13.4. The van der Waals surface area contributed by atoms with Gasteiger partial charge in [0.05, 0.1) is 29.3 Å². The van der Waals surface area contributed by atoms with E-state index in [0.717, 1.165) is 6.41 Å². The van der Waals surface area contributed by atoms with Crippen molar-refractivity contribution in [3.8, 4) is 0 Å². The molecule has 1 aliphatic rings. The van der Waals surface area contributed by atoms with Crippen LogP contribution < -0.4 is 0 Å². The van der Waals surface area contributed by atoms with E-state index in [9.17, 15) is 13.2 Å². The van der Waals surface area contributed by atoms with Gasteiger partial charge in [0.15, 0.2) is 0 Å². The van der Waals surface area contributed by atoms with Crippen LogP contribution in [0.5, 0.6) is 0 Å². The maximum atomic E-state index is 13.4. The summed E-state index contributed by atoms with van der Waals surface area (Å²) < 4.78 is 33.9. The minimum absolute atomic E-state index is 0.182. The van der Waals surface area contributed by atoms with Crippen LogP contribution in [-0.2, 0) is 19.6 Å². The number of halogens is 1. The van der Waals surface area contributed by atoms with Crippen LogP contribution in [0.4, 0.5) is 0 Å². The van der Waals surface area contributed by atoms with Crippen molar-refractivity contribution in [2.45, 2.75) is 11.0 Å². The highest BCUT2D eigenvalue weighted by atomic mass is 35.5. The Morgan fingerprint density at radius 2 is 1.89 bits per heavy atom. The number of nitrogens with zero attached hydrogens (tertiary/aromatic N) is 2. The van der Waals surface area contributed by atoms with Crippen molar-refractivity contribution < 1.29 is 17.9 Å². The van der Waals surface area contributed by atoms with Crippen LogP contribution in [-0.4, -0.2) is 43.4 Å². The fourth-order valence-electron chi connectivity index (χ4n) is 3.32. The molecule has 1 atom stereocenters. The number of rotatable bonds is 4. The van der Waals surface area contributed by atoms with E-state index in [1.807, 2.05) is 0 Å². The molecule has 1 aromatic heterocycles. The van der Waals surface area contributed by atoms with Crippen molar-refractivity contribution >= 4 is 38.9 Å². The van der Waals surface area contributed by atoms with Gasteiger partial charge in [-0.1, -0.05) is 29.8 Å². The number of hydrogen-bond donors (Lipinski definition) is 0. The Labute approximate surface area is 162 Å². The molecule has 0 radical (unpaired) electrons.